The van der Waals surface area contributed by atoms with Crippen LogP contribution < -0.4 is 5.32 Å². The van der Waals surface area contributed by atoms with Gasteiger partial charge in [0.05, 0.1) is 0 Å². The standard InChI is InChI=1S/C17H22N4O2/c22-17(23)21-7-1-2-13(10-21)20-14-5-6-18-16-15(14)12(9-19-16)8-11-3-4-11/h5-6,9,11,13H,1-4,7-8,10H2,(H,22,23)(H2,18,19,20)/t13-/m1/s1. The predicted molar refractivity (Wildman–Crippen MR) is 88.8 cm³/mol. The number of amides is 1. The summed E-state index contributed by atoms with van der Waals surface area (Å²) in [5.41, 5.74) is 3.31. The molecule has 2 fully saturated rings. The summed E-state index contributed by atoms with van der Waals surface area (Å²) in [7, 11) is 0. The Bertz CT molecular complexity index is 722. The predicted octanol–water partition coefficient (Wildman–Crippen LogP) is 3.07. The Morgan fingerprint density at radius 1 is 1.43 bits per heavy atom. The van der Waals surface area contributed by atoms with E-state index in [4.69, 9.17) is 0 Å². The van der Waals surface area contributed by atoms with E-state index in [1.165, 1.54) is 28.7 Å². The van der Waals surface area contributed by atoms with Gasteiger partial charge in [0.2, 0.25) is 0 Å². The molecule has 3 N–H and O–H groups in total. The first-order valence-corrected chi connectivity index (χ1v) is 8.40. The highest BCUT2D eigenvalue weighted by Gasteiger charge is 2.26. The SMILES string of the molecule is O=C(O)N1CCC[C@@H](Nc2ccnc3[nH]cc(CC4CC4)c23)C1. The molecule has 1 saturated carbocycles. The van der Waals surface area contributed by atoms with Crippen molar-refractivity contribution >= 4 is 22.8 Å². The summed E-state index contributed by atoms with van der Waals surface area (Å²) >= 11 is 0. The van der Waals surface area contributed by atoms with E-state index in [9.17, 15) is 9.90 Å². The number of fused-ring (bicyclic) bond motifs is 1. The lowest BCUT2D eigenvalue weighted by atomic mass is 10.0. The van der Waals surface area contributed by atoms with Gasteiger partial charge in [0.15, 0.2) is 0 Å². The van der Waals surface area contributed by atoms with Crippen LogP contribution in [0.5, 0.6) is 0 Å². The van der Waals surface area contributed by atoms with Gasteiger partial charge in [-0.15, -0.1) is 0 Å². The van der Waals surface area contributed by atoms with Crippen molar-refractivity contribution in [2.45, 2.75) is 38.1 Å². The molecule has 1 atom stereocenters. The van der Waals surface area contributed by atoms with E-state index < -0.39 is 6.09 Å². The summed E-state index contributed by atoms with van der Waals surface area (Å²) in [5, 5.41) is 13.9. The zero-order valence-electron chi connectivity index (χ0n) is 13.1. The molecule has 6 nitrogen and oxygen atoms in total. The van der Waals surface area contributed by atoms with Crippen molar-refractivity contribution in [2.24, 2.45) is 5.92 Å². The highest BCUT2D eigenvalue weighted by Crippen LogP contribution is 2.36. The molecule has 1 saturated heterocycles. The Kier molecular flexibility index (Phi) is 3.59. The molecule has 1 aliphatic heterocycles. The van der Waals surface area contributed by atoms with Crippen LogP contribution in [0.1, 0.15) is 31.2 Å². The number of aromatic amines is 1. The Morgan fingerprint density at radius 3 is 3.09 bits per heavy atom. The molecule has 2 aromatic rings. The Labute approximate surface area is 134 Å². The number of carbonyl (C=O) groups is 1. The summed E-state index contributed by atoms with van der Waals surface area (Å²) in [6.07, 6.45) is 8.71. The van der Waals surface area contributed by atoms with Gasteiger partial charge in [-0.05, 0) is 49.7 Å². The second kappa shape index (κ2) is 5.76. The maximum atomic E-state index is 11.2. The number of likely N-dealkylation sites (tertiary alicyclic amines) is 1. The van der Waals surface area contributed by atoms with E-state index in [-0.39, 0.29) is 6.04 Å². The second-order valence-electron chi connectivity index (χ2n) is 6.76. The maximum Gasteiger partial charge on any atom is 0.407 e. The number of nitrogens with one attached hydrogen (secondary N) is 2. The molecule has 1 aliphatic carbocycles. The molecule has 4 rings (SSSR count). The lowest BCUT2D eigenvalue weighted by molar-refractivity contribution is 0.133. The molecular formula is C17H22N4O2. The van der Waals surface area contributed by atoms with Crippen molar-refractivity contribution in [3.05, 3.63) is 24.0 Å². The smallest absolute Gasteiger partial charge is 0.407 e. The third-order valence-electron chi connectivity index (χ3n) is 4.91. The van der Waals surface area contributed by atoms with Crippen LogP contribution in [-0.2, 0) is 6.42 Å². The summed E-state index contributed by atoms with van der Waals surface area (Å²) in [5.74, 6) is 0.819. The van der Waals surface area contributed by atoms with Crippen LogP contribution >= 0.6 is 0 Å². The van der Waals surface area contributed by atoms with Crippen molar-refractivity contribution in [3.8, 4) is 0 Å². The number of aromatic nitrogens is 2. The minimum atomic E-state index is -0.826. The average molecular weight is 314 g/mol. The van der Waals surface area contributed by atoms with Gasteiger partial charge < -0.3 is 20.3 Å². The zero-order valence-corrected chi connectivity index (χ0v) is 13.1. The molecule has 2 aromatic heterocycles. The van der Waals surface area contributed by atoms with Crippen molar-refractivity contribution in [2.75, 3.05) is 18.4 Å². The minimum Gasteiger partial charge on any atom is -0.465 e. The van der Waals surface area contributed by atoms with Crippen LogP contribution in [0.3, 0.4) is 0 Å². The number of pyridine rings is 1. The molecular weight excluding hydrogens is 292 g/mol. The molecule has 6 heteroatoms. The van der Waals surface area contributed by atoms with Gasteiger partial charge in [0.25, 0.3) is 0 Å². The van der Waals surface area contributed by atoms with Crippen LogP contribution in [0.15, 0.2) is 18.5 Å². The van der Waals surface area contributed by atoms with Gasteiger partial charge in [0, 0.05) is 42.6 Å². The van der Waals surface area contributed by atoms with Crippen molar-refractivity contribution in [1.82, 2.24) is 14.9 Å². The van der Waals surface area contributed by atoms with E-state index >= 15 is 0 Å². The third-order valence-corrected chi connectivity index (χ3v) is 4.91. The number of piperidine rings is 1. The summed E-state index contributed by atoms with van der Waals surface area (Å²) in [6, 6.07) is 2.17. The highest BCUT2D eigenvalue weighted by molar-refractivity contribution is 5.92. The molecule has 0 spiro atoms. The lowest BCUT2D eigenvalue weighted by Crippen LogP contribution is -2.44. The van der Waals surface area contributed by atoms with Gasteiger partial charge in [-0.3, -0.25) is 0 Å². The number of hydrogen-bond donors (Lipinski definition) is 3. The summed E-state index contributed by atoms with van der Waals surface area (Å²) in [4.78, 5) is 20.4. The number of anilines is 1. The van der Waals surface area contributed by atoms with Crippen molar-refractivity contribution in [1.29, 1.82) is 0 Å². The normalized spacial score (nSPS) is 21.6. The number of rotatable bonds is 4. The summed E-state index contributed by atoms with van der Waals surface area (Å²) in [6.45, 7) is 1.18. The van der Waals surface area contributed by atoms with E-state index in [0.717, 1.165) is 36.5 Å². The molecule has 0 radical (unpaired) electrons. The van der Waals surface area contributed by atoms with Crippen LogP contribution in [0.4, 0.5) is 10.5 Å². The first-order valence-electron chi connectivity index (χ1n) is 8.40. The van der Waals surface area contributed by atoms with Crippen molar-refractivity contribution < 1.29 is 9.90 Å². The fourth-order valence-corrected chi connectivity index (χ4v) is 3.53. The fraction of sp³-hybridized carbons (Fsp3) is 0.529. The molecule has 0 aromatic carbocycles. The molecule has 3 heterocycles. The Balaban J connectivity index is 1.58. The first kappa shape index (κ1) is 14.4. The zero-order chi connectivity index (χ0) is 15.8. The topological polar surface area (TPSA) is 81.2 Å². The number of hydrogen-bond acceptors (Lipinski definition) is 3. The van der Waals surface area contributed by atoms with Crippen molar-refractivity contribution in [3.63, 3.8) is 0 Å². The second-order valence-corrected chi connectivity index (χ2v) is 6.76. The Hall–Kier alpha value is -2.24. The van der Waals surface area contributed by atoms with E-state index in [1.807, 2.05) is 6.07 Å². The third kappa shape index (κ3) is 2.98. The van der Waals surface area contributed by atoms with Gasteiger partial charge in [-0.25, -0.2) is 9.78 Å². The molecule has 2 aliphatic rings. The van der Waals surface area contributed by atoms with Gasteiger partial charge in [-0.1, -0.05) is 0 Å². The maximum absolute atomic E-state index is 11.2. The molecule has 0 unspecified atom stereocenters. The van der Waals surface area contributed by atoms with Crippen LogP contribution in [0.25, 0.3) is 11.0 Å². The molecule has 23 heavy (non-hydrogen) atoms. The summed E-state index contributed by atoms with van der Waals surface area (Å²) < 4.78 is 0. The van der Waals surface area contributed by atoms with Gasteiger partial charge >= 0.3 is 6.09 Å². The van der Waals surface area contributed by atoms with E-state index in [2.05, 4.69) is 21.5 Å². The van der Waals surface area contributed by atoms with Crippen LogP contribution in [-0.4, -0.2) is 45.2 Å². The number of nitrogens with zero attached hydrogens (tertiary/aromatic N) is 2. The first-order chi connectivity index (χ1) is 11.2. The molecule has 0 bridgehead atoms. The van der Waals surface area contributed by atoms with Gasteiger partial charge in [-0.2, -0.15) is 0 Å². The largest absolute Gasteiger partial charge is 0.465 e. The van der Waals surface area contributed by atoms with Crippen LogP contribution in [0.2, 0.25) is 0 Å². The Morgan fingerprint density at radius 2 is 2.30 bits per heavy atom. The van der Waals surface area contributed by atoms with Crippen LogP contribution in [0, 0.1) is 5.92 Å². The number of carboxylic acid groups (broad SMARTS) is 1. The highest BCUT2D eigenvalue weighted by atomic mass is 16.4. The monoisotopic (exact) mass is 314 g/mol. The molecule has 1 amide bonds. The van der Waals surface area contributed by atoms with Gasteiger partial charge in [0.1, 0.15) is 5.65 Å². The minimum absolute atomic E-state index is 0.161. The van der Waals surface area contributed by atoms with E-state index in [1.54, 1.807) is 6.20 Å². The average Bonchev–Trinajstić information content (AvgIpc) is 3.27. The fourth-order valence-electron chi connectivity index (χ4n) is 3.53. The molecule has 122 valence electrons. The lowest BCUT2D eigenvalue weighted by Gasteiger charge is -2.32. The number of H-pyrrole nitrogens is 1. The van der Waals surface area contributed by atoms with E-state index in [0.29, 0.717) is 13.1 Å². The quantitative estimate of drug-likeness (QED) is 0.810.